The number of ether oxygens (including phenoxy) is 2. The number of halogens is 4. The minimum absolute atomic E-state index is 0.0548. The lowest BCUT2D eigenvalue weighted by Crippen LogP contribution is -2.04. The van der Waals surface area contributed by atoms with E-state index in [1.807, 2.05) is 0 Å². The molecule has 7 heteroatoms. The number of allylic oxidation sites excluding steroid dienone is 2. The highest BCUT2D eigenvalue weighted by atomic mass is 19.3. The van der Waals surface area contributed by atoms with E-state index in [9.17, 15) is 22.4 Å². The summed E-state index contributed by atoms with van der Waals surface area (Å²) in [6.45, 7) is -5.78. The maximum Gasteiger partial charge on any atom is 0.387 e. The smallest absolute Gasteiger partial charge is 0.387 e. The van der Waals surface area contributed by atoms with Gasteiger partial charge in [0.25, 0.3) is 0 Å². The van der Waals surface area contributed by atoms with Gasteiger partial charge in [-0.05, 0) is 73.2 Å². The van der Waals surface area contributed by atoms with Crippen LogP contribution in [0, 0.1) is 0 Å². The van der Waals surface area contributed by atoms with Gasteiger partial charge in [0.1, 0.15) is 11.5 Å². The zero-order chi connectivity index (χ0) is 21.5. The molecule has 1 saturated carbocycles. The third-order valence-corrected chi connectivity index (χ3v) is 4.62. The first-order valence-electron chi connectivity index (χ1n) is 9.46. The molecule has 1 aliphatic rings. The molecule has 0 heterocycles. The van der Waals surface area contributed by atoms with E-state index >= 15 is 0 Å². The molecule has 0 radical (unpaired) electrons. The van der Waals surface area contributed by atoms with Gasteiger partial charge in [-0.3, -0.25) is 4.79 Å². The molecule has 2 aromatic carbocycles. The second kappa shape index (κ2) is 10.1. The van der Waals surface area contributed by atoms with Gasteiger partial charge in [0.05, 0.1) is 0 Å². The topological polar surface area (TPSA) is 35.5 Å². The summed E-state index contributed by atoms with van der Waals surface area (Å²) < 4.78 is 57.7. The van der Waals surface area contributed by atoms with Crippen molar-refractivity contribution in [2.45, 2.75) is 38.9 Å². The summed E-state index contributed by atoms with van der Waals surface area (Å²) in [5, 5.41) is 0. The summed E-state index contributed by atoms with van der Waals surface area (Å²) in [4.78, 5) is 13.0. The van der Waals surface area contributed by atoms with Crippen molar-refractivity contribution >= 4 is 17.9 Å². The Morgan fingerprint density at radius 2 is 1.03 bits per heavy atom. The van der Waals surface area contributed by atoms with Crippen LogP contribution in [0.3, 0.4) is 0 Å². The van der Waals surface area contributed by atoms with Crippen LogP contribution in [-0.2, 0) is 4.79 Å². The molecule has 30 heavy (non-hydrogen) atoms. The van der Waals surface area contributed by atoms with Crippen LogP contribution in [0.2, 0.25) is 0 Å². The minimum Gasteiger partial charge on any atom is -0.435 e. The van der Waals surface area contributed by atoms with Crippen LogP contribution >= 0.6 is 0 Å². The Morgan fingerprint density at radius 3 is 1.37 bits per heavy atom. The zero-order valence-corrected chi connectivity index (χ0v) is 16.0. The Morgan fingerprint density at radius 1 is 0.667 bits per heavy atom. The van der Waals surface area contributed by atoms with Crippen molar-refractivity contribution in [1.82, 2.24) is 0 Å². The van der Waals surface area contributed by atoms with Gasteiger partial charge in [0.15, 0.2) is 5.78 Å². The van der Waals surface area contributed by atoms with Gasteiger partial charge in [-0.15, -0.1) is 0 Å². The van der Waals surface area contributed by atoms with Gasteiger partial charge in [-0.2, -0.15) is 17.6 Å². The Bertz CT molecular complexity index is 841. The molecule has 2 aromatic rings. The molecule has 0 aromatic heterocycles. The second-order valence-electron chi connectivity index (χ2n) is 6.77. The van der Waals surface area contributed by atoms with Crippen LogP contribution in [0.5, 0.6) is 11.5 Å². The standard InChI is InChI=1S/C23H20F4O3/c24-22(25)29-19-9-5-15(6-10-19)13-17-3-1-2-4-18(21(17)28)14-16-7-11-20(12-8-16)30-23(26)27/h5-14,22-23H,1-4H2. The maximum atomic E-state index is 13.0. The largest absolute Gasteiger partial charge is 0.435 e. The van der Waals surface area contributed by atoms with Crippen molar-refractivity contribution in [3.63, 3.8) is 0 Å². The molecular weight excluding hydrogens is 400 g/mol. The van der Waals surface area contributed by atoms with Crippen LogP contribution in [0.4, 0.5) is 17.6 Å². The van der Waals surface area contributed by atoms with Gasteiger partial charge >= 0.3 is 13.2 Å². The lowest BCUT2D eigenvalue weighted by atomic mass is 9.98. The number of benzene rings is 2. The number of carbonyl (C=O) groups is 1. The highest BCUT2D eigenvalue weighted by Crippen LogP contribution is 2.28. The summed E-state index contributed by atoms with van der Waals surface area (Å²) >= 11 is 0. The van der Waals surface area contributed by atoms with Crippen molar-refractivity contribution < 1.29 is 31.8 Å². The molecule has 0 atom stereocenters. The SMILES string of the molecule is O=C1C(=Cc2ccc(OC(F)F)cc2)CCCCC1=Cc1ccc(OC(F)F)cc1. The Hall–Kier alpha value is -3.09. The van der Waals surface area contributed by atoms with Crippen LogP contribution < -0.4 is 9.47 Å². The first-order chi connectivity index (χ1) is 14.4. The fourth-order valence-corrected chi connectivity index (χ4v) is 3.23. The molecule has 0 N–H and O–H groups in total. The number of alkyl halides is 4. The fourth-order valence-electron chi connectivity index (χ4n) is 3.23. The normalized spacial score (nSPS) is 17.6. The number of Topliss-reactive ketones (excluding diaryl/α,β-unsaturated/α-hetero) is 1. The third kappa shape index (κ3) is 6.20. The Labute approximate surface area is 171 Å². The molecule has 158 valence electrons. The summed E-state index contributed by atoms with van der Waals surface area (Å²) in [6.07, 6.45) is 6.45. The zero-order valence-electron chi connectivity index (χ0n) is 16.0. The van der Waals surface area contributed by atoms with Gasteiger partial charge in [-0.1, -0.05) is 24.3 Å². The second-order valence-corrected chi connectivity index (χ2v) is 6.77. The average molecular weight is 420 g/mol. The molecule has 0 bridgehead atoms. The van der Waals surface area contributed by atoms with Crippen molar-refractivity contribution in [2.24, 2.45) is 0 Å². The monoisotopic (exact) mass is 420 g/mol. The first kappa shape index (κ1) is 21.6. The van der Waals surface area contributed by atoms with Crippen molar-refractivity contribution in [3.8, 4) is 11.5 Å². The first-order valence-corrected chi connectivity index (χ1v) is 9.46. The molecule has 1 fully saturated rings. The fraction of sp³-hybridized carbons (Fsp3) is 0.261. The van der Waals surface area contributed by atoms with E-state index in [1.54, 1.807) is 36.4 Å². The quantitative estimate of drug-likeness (QED) is 0.304. The lowest BCUT2D eigenvalue weighted by molar-refractivity contribution is -0.112. The molecule has 0 aliphatic heterocycles. The molecule has 0 saturated heterocycles. The number of rotatable bonds is 6. The average Bonchev–Trinajstić information content (AvgIpc) is 2.86. The third-order valence-electron chi connectivity index (χ3n) is 4.62. The van der Waals surface area contributed by atoms with Crippen LogP contribution in [0.15, 0.2) is 59.7 Å². The molecule has 3 rings (SSSR count). The Kier molecular flexibility index (Phi) is 7.27. The van der Waals surface area contributed by atoms with Gasteiger partial charge < -0.3 is 9.47 Å². The van der Waals surface area contributed by atoms with E-state index < -0.39 is 13.2 Å². The predicted molar refractivity (Wildman–Crippen MR) is 106 cm³/mol. The number of hydrogen-bond donors (Lipinski definition) is 0. The van der Waals surface area contributed by atoms with Crippen LogP contribution in [0.1, 0.15) is 36.8 Å². The van der Waals surface area contributed by atoms with Gasteiger partial charge in [0, 0.05) is 11.1 Å². The maximum absolute atomic E-state index is 13.0. The predicted octanol–water partition coefficient (Wildman–Crippen LogP) is 6.50. The van der Waals surface area contributed by atoms with E-state index in [4.69, 9.17) is 0 Å². The van der Waals surface area contributed by atoms with E-state index in [1.165, 1.54) is 24.3 Å². The molecule has 1 aliphatic carbocycles. The molecule has 0 amide bonds. The van der Waals surface area contributed by atoms with E-state index in [0.717, 1.165) is 24.0 Å². The highest BCUT2D eigenvalue weighted by Gasteiger charge is 2.19. The summed E-state index contributed by atoms with van der Waals surface area (Å²) in [5.41, 5.74) is 2.71. The molecule has 3 nitrogen and oxygen atoms in total. The van der Waals surface area contributed by atoms with Crippen LogP contribution in [-0.4, -0.2) is 19.0 Å². The Balaban J connectivity index is 1.78. The van der Waals surface area contributed by atoms with Crippen molar-refractivity contribution in [3.05, 3.63) is 70.8 Å². The minimum atomic E-state index is -2.89. The highest BCUT2D eigenvalue weighted by molar-refractivity contribution is 6.13. The van der Waals surface area contributed by atoms with Gasteiger partial charge in [0.2, 0.25) is 0 Å². The number of hydrogen-bond acceptors (Lipinski definition) is 3. The van der Waals surface area contributed by atoms with Gasteiger partial charge in [-0.25, -0.2) is 0 Å². The van der Waals surface area contributed by atoms with E-state index in [0.29, 0.717) is 24.0 Å². The van der Waals surface area contributed by atoms with Crippen LogP contribution in [0.25, 0.3) is 12.2 Å². The summed E-state index contributed by atoms with van der Waals surface area (Å²) in [7, 11) is 0. The summed E-state index contributed by atoms with van der Waals surface area (Å²) in [5.74, 6) is 0.0340. The van der Waals surface area contributed by atoms with E-state index in [-0.39, 0.29) is 17.3 Å². The number of carbonyl (C=O) groups excluding carboxylic acids is 1. The molecular formula is C23H20F4O3. The lowest BCUT2D eigenvalue weighted by Gasteiger charge is -2.08. The van der Waals surface area contributed by atoms with E-state index in [2.05, 4.69) is 9.47 Å². The molecule has 0 spiro atoms. The van der Waals surface area contributed by atoms with Crippen molar-refractivity contribution in [1.29, 1.82) is 0 Å². The summed E-state index contributed by atoms with van der Waals surface area (Å²) in [6, 6.07) is 12.2. The van der Waals surface area contributed by atoms with Crippen molar-refractivity contribution in [2.75, 3.05) is 0 Å². The molecule has 0 unspecified atom stereocenters. The number of ketones is 1.